The highest BCUT2D eigenvalue weighted by Gasteiger charge is 2.12. The number of aliphatic hydroxyl groups excluding tert-OH is 1. The molecule has 1 atom stereocenters. The number of aliphatic hydroxyl groups is 1. The van der Waals surface area contributed by atoms with Crippen LogP contribution in [-0.2, 0) is 0 Å². The predicted molar refractivity (Wildman–Crippen MR) is 91.4 cm³/mol. The zero-order valence-corrected chi connectivity index (χ0v) is 13.9. The molecule has 0 heterocycles. The summed E-state index contributed by atoms with van der Waals surface area (Å²) < 4.78 is 0. The van der Waals surface area contributed by atoms with Gasteiger partial charge in [0.15, 0.2) is 0 Å². The van der Waals surface area contributed by atoms with E-state index in [1.807, 2.05) is 62.6 Å². The van der Waals surface area contributed by atoms with Crippen molar-refractivity contribution >= 4 is 17.7 Å². The topological polar surface area (TPSA) is 49.3 Å². The lowest BCUT2D eigenvalue weighted by Gasteiger charge is -2.14. The second kappa shape index (κ2) is 7.47. The van der Waals surface area contributed by atoms with E-state index in [9.17, 15) is 9.90 Å². The number of aryl methyl sites for hydroxylation is 2. The average molecular weight is 315 g/mol. The van der Waals surface area contributed by atoms with Crippen molar-refractivity contribution in [3.8, 4) is 0 Å². The van der Waals surface area contributed by atoms with Crippen molar-refractivity contribution in [1.82, 2.24) is 5.32 Å². The zero-order valence-electron chi connectivity index (χ0n) is 13.1. The van der Waals surface area contributed by atoms with Crippen LogP contribution in [0.2, 0.25) is 0 Å². The minimum atomic E-state index is -0.704. The molecule has 0 spiro atoms. The third-order valence-electron chi connectivity index (χ3n) is 3.59. The van der Waals surface area contributed by atoms with Gasteiger partial charge in [-0.05, 0) is 49.4 Å². The number of hydrogen-bond acceptors (Lipinski definition) is 3. The van der Waals surface area contributed by atoms with Crippen LogP contribution in [0.15, 0.2) is 47.4 Å². The molecule has 3 nitrogen and oxygen atoms in total. The number of amides is 1. The second-order valence-corrected chi connectivity index (χ2v) is 6.20. The van der Waals surface area contributed by atoms with Gasteiger partial charge in [-0.25, -0.2) is 0 Å². The predicted octanol–water partition coefficient (Wildman–Crippen LogP) is 3.49. The van der Waals surface area contributed by atoms with Crippen molar-refractivity contribution < 1.29 is 9.90 Å². The van der Waals surface area contributed by atoms with Crippen LogP contribution >= 0.6 is 11.8 Å². The lowest BCUT2D eigenvalue weighted by atomic mass is 10.0. The quantitative estimate of drug-likeness (QED) is 0.830. The van der Waals surface area contributed by atoms with Crippen LogP contribution in [0.5, 0.6) is 0 Å². The van der Waals surface area contributed by atoms with Crippen molar-refractivity contribution in [3.63, 3.8) is 0 Å². The number of carbonyl (C=O) groups is 1. The van der Waals surface area contributed by atoms with E-state index < -0.39 is 6.10 Å². The molecule has 0 aliphatic heterocycles. The summed E-state index contributed by atoms with van der Waals surface area (Å²) in [5.41, 5.74) is 3.44. The highest BCUT2D eigenvalue weighted by molar-refractivity contribution is 7.98. The van der Waals surface area contributed by atoms with E-state index in [1.54, 1.807) is 11.8 Å². The fraction of sp³-hybridized carbons (Fsp3) is 0.278. The largest absolute Gasteiger partial charge is 0.387 e. The molecule has 1 amide bonds. The Morgan fingerprint density at radius 1 is 1.18 bits per heavy atom. The molecular weight excluding hydrogens is 294 g/mol. The SMILES string of the molecule is CSc1ccc([C@H](O)CNC(=O)c2cc(C)ccc2C)cc1. The lowest BCUT2D eigenvalue weighted by molar-refractivity contribution is 0.0915. The number of carbonyl (C=O) groups excluding carboxylic acids is 1. The van der Waals surface area contributed by atoms with Crippen molar-refractivity contribution in [1.29, 1.82) is 0 Å². The van der Waals surface area contributed by atoms with E-state index in [1.165, 1.54) is 0 Å². The van der Waals surface area contributed by atoms with Crippen LogP contribution in [0.1, 0.15) is 33.2 Å². The molecule has 2 rings (SSSR count). The van der Waals surface area contributed by atoms with Crippen molar-refractivity contribution in [2.75, 3.05) is 12.8 Å². The summed E-state index contributed by atoms with van der Waals surface area (Å²) in [5.74, 6) is -0.152. The van der Waals surface area contributed by atoms with Gasteiger partial charge >= 0.3 is 0 Å². The molecule has 2 aromatic rings. The summed E-state index contributed by atoms with van der Waals surface area (Å²) in [6.45, 7) is 4.06. The Hall–Kier alpha value is -1.78. The fourth-order valence-electron chi connectivity index (χ4n) is 2.21. The lowest BCUT2D eigenvalue weighted by Crippen LogP contribution is -2.29. The van der Waals surface area contributed by atoms with E-state index in [0.29, 0.717) is 5.56 Å². The third-order valence-corrected chi connectivity index (χ3v) is 4.34. The molecule has 116 valence electrons. The van der Waals surface area contributed by atoms with Crippen LogP contribution in [0.3, 0.4) is 0 Å². The van der Waals surface area contributed by atoms with Gasteiger partial charge < -0.3 is 10.4 Å². The Bertz CT molecular complexity index is 653. The smallest absolute Gasteiger partial charge is 0.251 e. The Morgan fingerprint density at radius 2 is 1.86 bits per heavy atom. The first-order valence-electron chi connectivity index (χ1n) is 7.18. The Labute approximate surface area is 135 Å². The van der Waals surface area contributed by atoms with Gasteiger partial charge in [-0.3, -0.25) is 4.79 Å². The van der Waals surface area contributed by atoms with Crippen LogP contribution < -0.4 is 5.32 Å². The number of nitrogens with one attached hydrogen (secondary N) is 1. The molecule has 0 saturated heterocycles. The van der Waals surface area contributed by atoms with Gasteiger partial charge in [0.25, 0.3) is 5.91 Å². The first-order valence-corrected chi connectivity index (χ1v) is 8.41. The van der Waals surface area contributed by atoms with E-state index in [2.05, 4.69) is 5.32 Å². The molecule has 0 bridgehead atoms. The maximum atomic E-state index is 12.2. The number of thioether (sulfide) groups is 1. The minimum absolute atomic E-state index is 0.152. The van der Waals surface area contributed by atoms with Crippen molar-refractivity contribution in [2.45, 2.75) is 24.8 Å². The molecule has 2 aromatic carbocycles. The van der Waals surface area contributed by atoms with Gasteiger partial charge in [-0.1, -0.05) is 29.8 Å². The van der Waals surface area contributed by atoms with Gasteiger partial charge in [-0.15, -0.1) is 11.8 Å². The van der Waals surface area contributed by atoms with Crippen LogP contribution in [0.4, 0.5) is 0 Å². The molecule has 4 heteroatoms. The molecule has 0 aromatic heterocycles. The molecule has 0 aliphatic rings. The van der Waals surface area contributed by atoms with Crippen LogP contribution in [-0.4, -0.2) is 23.8 Å². The van der Waals surface area contributed by atoms with Crippen LogP contribution in [0, 0.1) is 13.8 Å². The summed E-state index contributed by atoms with van der Waals surface area (Å²) in [6.07, 6.45) is 1.31. The summed E-state index contributed by atoms with van der Waals surface area (Å²) in [7, 11) is 0. The molecule has 2 N–H and O–H groups in total. The normalized spacial score (nSPS) is 12.0. The van der Waals surface area contributed by atoms with Crippen LogP contribution in [0.25, 0.3) is 0 Å². The first-order chi connectivity index (χ1) is 10.5. The highest BCUT2D eigenvalue weighted by atomic mass is 32.2. The van der Waals surface area contributed by atoms with E-state index in [-0.39, 0.29) is 12.5 Å². The maximum Gasteiger partial charge on any atom is 0.251 e. The summed E-state index contributed by atoms with van der Waals surface area (Å²) >= 11 is 1.66. The average Bonchev–Trinajstić information content (AvgIpc) is 2.54. The summed E-state index contributed by atoms with van der Waals surface area (Å²) in [4.78, 5) is 13.4. The molecule has 0 aliphatic carbocycles. The molecule has 0 unspecified atom stereocenters. The molecule has 0 fully saturated rings. The highest BCUT2D eigenvalue weighted by Crippen LogP contribution is 2.19. The van der Waals surface area contributed by atoms with Crippen molar-refractivity contribution in [3.05, 3.63) is 64.7 Å². The molecule has 0 saturated carbocycles. The molecular formula is C18H21NO2S. The van der Waals surface area contributed by atoms with E-state index >= 15 is 0 Å². The standard InChI is InChI=1S/C18H21NO2S/c1-12-4-5-13(2)16(10-12)18(21)19-11-17(20)14-6-8-15(22-3)9-7-14/h4-10,17,20H,11H2,1-3H3,(H,19,21)/t17-/m1/s1. The summed E-state index contributed by atoms with van der Waals surface area (Å²) in [5, 5.41) is 13.0. The van der Waals surface area contributed by atoms with Gasteiger partial charge in [0.2, 0.25) is 0 Å². The zero-order chi connectivity index (χ0) is 16.1. The van der Waals surface area contributed by atoms with E-state index in [4.69, 9.17) is 0 Å². The first kappa shape index (κ1) is 16.6. The Kier molecular flexibility index (Phi) is 5.63. The van der Waals surface area contributed by atoms with Crippen molar-refractivity contribution in [2.24, 2.45) is 0 Å². The molecule has 0 radical (unpaired) electrons. The number of hydrogen-bond donors (Lipinski definition) is 2. The summed E-state index contributed by atoms with van der Waals surface area (Å²) in [6, 6.07) is 13.5. The minimum Gasteiger partial charge on any atom is -0.387 e. The van der Waals surface area contributed by atoms with E-state index in [0.717, 1.165) is 21.6 Å². The van der Waals surface area contributed by atoms with Gasteiger partial charge in [0.1, 0.15) is 0 Å². The monoisotopic (exact) mass is 315 g/mol. The fourth-order valence-corrected chi connectivity index (χ4v) is 2.62. The Balaban J connectivity index is 1.99. The van der Waals surface area contributed by atoms with Gasteiger partial charge in [-0.2, -0.15) is 0 Å². The molecule has 22 heavy (non-hydrogen) atoms. The Morgan fingerprint density at radius 3 is 2.50 bits per heavy atom. The second-order valence-electron chi connectivity index (χ2n) is 5.32. The third kappa shape index (κ3) is 4.12. The van der Waals surface area contributed by atoms with Gasteiger partial charge in [0.05, 0.1) is 6.10 Å². The number of benzene rings is 2. The number of rotatable bonds is 5. The maximum absolute atomic E-state index is 12.2. The van der Waals surface area contributed by atoms with Gasteiger partial charge in [0, 0.05) is 17.0 Å².